The molecule has 0 aliphatic heterocycles. The predicted molar refractivity (Wildman–Crippen MR) is 143 cm³/mol. The van der Waals surface area contributed by atoms with Crippen LogP contribution in [0.2, 0.25) is 0 Å². The molecule has 0 saturated carbocycles. The van der Waals surface area contributed by atoms with E-state index in [9.17, 15) is 4.79 Å². The lowest BCUT2D eigenvalue weighted by atomic mass is 10.1. The van der Waals surface area contributed by atoms with Crippen molar-refractivity contribution in [1.82, 2.24) is 4.98 Å². The van der Waals surface area contributed by atoms with Crippen molar-refractivity contribution < 1.29 is 4.79 Å². The minimum atomic E-state index is -0.145. The number of anilines is 3. The van der Waals surface area contributed by atoms with Crippen LogP contribution < -0.4 is 10.2 Å². The second-order valence-electron chi connectivity index (χ2n) is 8.35. The largest absolute Gasteiger partial charge is 0.339 e. The summed E-state index contributed by atoms with van der Waals surface area (Å²) >= 11 is 1.61. The molecule has 5 aromatic rings. The molecule has 2 aromatic heterocycles. The van der Waals surface area contributed by atoms with E-state index in [0.717, 1.165) is 38.5 Å². The molecule has 0 spiro atoms. The molecular weight excluding hydrogens is 438 g/mol. The van der Waals surface area contributed by atoms with E-state index in [1.807, 2.05) is 90.3 Å². The van der Waals surface area contributed by atoms with Gasteiger partial charge in [0.15, 0.2) is 0 Å². The first-order valence-electron chi connectivity index (χ1n) is 11.3. The van der Waals surface area contributed by atoms with Gasteiger partial charge in [0.1, 0.15) is 0 Å². The Bertz CT molecular complexity index is 1410. The van der Waals surface area contributed by atoms with Gasteiger partial charge in [0.2, 0.25) is 0 Å². The number of nitrogens with one attached hydrogen (secondary N) is 1. The van der Waals surface area contributed by atoms with Gasteiger partial charge in [-0.3, -0.25) is 4.79 Å². The van der Waals surface area contributed by atoms with Crippen LogP contribution in [-0.2, 0) is 0 Å². The Hall–Kier alpha value is -3.96. The van der Waals surface area contributed by atoms with Crippen LogP contribution in [-0.4, -0.2) is 16.9 Å². The van der Waals surface area contributed by atoms with Crippen molar-refractivity contribution in [3.05, 3.63) is 108 Å². The Balaban J connectivity index is 1.44. The second-order valence-corrected chi connectivity index (χ2v) is 9.30. The van der Waals surface area contributed by atoms with Gasteiger partial charge in [-0.15, -0.1) is 11.3 Å². The third kappa shape index (κ3) is 4.43. The summed E-state index contributed by atoms with van der Waals surface area (Å²) in [4.78, 5) is 21.4. The molecule has 0 aliphatic rings. The van der Waals surface area contributed by atoms with Crippen molar-refractivity contribution in [2.75, 3.05) is 10.2 Å². The van der Waals surface area contributed by atoms with Crippen molar-refractivity contribution in [2.24, 2.45) is 0 Å². The Labute approximate surface area is 203 Å². The number of rotatable bonds is 6. The lowest BCUT2D eigenvalue weighted by Gasteiger charge is -2.29. The topological polar surface area (TPSA) is 45.2 Å². The van der Waals surface area contributed by atoms with Gasteiger partial charge in [-0.2, -0.15) is 0 Å². The minimum Gasteiger partial charge on any atom is -0.339 e. The summed E-state index contributed by atoms with van der Waals surface area (Å²) in [5.41, 5.74) is 5.21. The highest BCUT2D eigenvalue weighted by atomic mass is 32.1. The molecule has 2 heterocycles. The van der Waals surface area contributed by atoms with Gasteiger partial charge in [0, 0.05) is 28.5 Å². The van der Waals surface area contributed by atoms with Crippen LogP contribution in [0.25, 0.3) is 21.5 Å². The molecule has 4 nitrogen and oxygen atoms in total. The summed E-state index contributed by atoms with van der Waals surface area (Å²) in [6.45, 7) is 4.34. The van der Waals surface area contributed by atoms with Crippen molar-refractivity contribution in [1.29, 1.82) is 0 Å². The fraction of sp³-hybridized carbons (Fsp3) is 0.103. The number of aromatic nitrogens is 1. The van der Waals surface area contributed by atoms with Gasteiger partial charge in [0.25, 0.3) is 5.91 Å². The van der Waals surface area contributed by atoms with E-state index in [-0.39, 0.29) is 5.91 Å². The Morgan fingerprint density at radius 1 is 0.853 bits per heavy atom. The lowest BCUT2D eigenvalue weighted by Crippen LogP contribution is -2.25. The van der Waals surface area contributed by atoms with Gasteiger partial charge in [-0.05, 0) is 73.8 Å². The molecule has 1 amide bonds. The summed E-state index contributed by atoms with van der Waals surface area (Å²) in [6.07, 6.45) is 0. The molecule has 0 aliphatic carbocycles. The average Bonchev–Trinajstić information content (AvgIpc) is 3.40. The molecule has 0 bridgehead atoms. The monoisotopic (exact) mass is 463 g/mol. The molecule has 1 N–H and O–H groups in total. The van der Waals surface area contributed by atoms with E-state index in [1.165, 1.54) is 0 Å². The van der Waals surface area contributed by atoms with Crippen LogP contribution in [0, 0.1) is 0 Å². The third-order valence-electron chi connectivity index (χ3n) is 5.69. The molecule has 0 radical (unpaired) electrons. The summed E-state index contributed by atoms with van der Waals surface area (Å²) in [5.74, 6) is -0.145. The first-order chi connectivity index (χ1) is 16.6. The van der Waals surface area contributed by atoms with Gasteiger partial charge >= 0.3 is 0 Å². The van der Waals surface area contributed by atoms with Crippen LogP contribution in [0.4, 0.5) is 17.1 Å². The first-order valence-corrected chi connectivity index (χ1v) is 12.2. The Kier molecular flexibility index (Phi) is 6.11. The average molecular weight is 464 g/mol. The number of para-hydroxylation sites is 2. The summed E-state index contributed by atoms with van der Waals surface area (Å²) < 4.78 is 0. The molecule has 168 valence electrons. The highest BCUT2D eigenvalue weighted by Gasteiger charge is 2.16. The van der Waals surface area contributed by atoms with Crippen molar-refractivity contribution in [3.8, 4) is 10.6 Å². The zero-order chi connectivity index (χ0) is 23.5. The van der Waals surface area contributed by atoms with E-state index < -0.39 is 0 Å². The van der Waals surface area contributed by atoms with Crippen LogP contribution in [0.15, 0.2) is 102 Å². The lowest BCUT2D eigenvalue weighted by molar-refractivity contribution is 0.102. The van der Waals surface area contributed by atoms with Crippen molar-refractivity contribution >= 4 is 45.2 Å². The maximum atomic E-state index is 13.4. The quantitative estimate of drug-likeness (QED) is 0.280. The molecular formula is C29H25N3OS. The van der Waals surface area contributed by atoms with Gasteiger partial charge in [-0.1, -0.05) is 42.5 Å². The number of amides is 1. The number of carbonyl (C=O) groups is 1. The normalized spacial score (nSPS) is 11.0. The molecule has 34 heavy (non-hydrogen) atoms. The standard InChI is InChI=1S/C29H25N3OS/c1-20(2)32(22-9-4-3-5-10-22)23-16-14-21(15-17-23)30-29(33)25-19-27(28-13-8-18-34-28)31-26-12-7-6-11-24(25)26/h3-20H,1-2H3,(H,30,33). The molecule has 5 heteroatoms. The Morgan fingerprint density at radius 2 is 1.56 bits per heavy atom. The first kappa shape index (κ1) is 21.9. The van der Waals surface area contributed by atoms with E-state index in [0.29, 0.717) is 11.6 Å². The fourth-order valence-electron chi connectivity index (χ4n) is 4.15. The SMILES string of the molecule is CC(C)N(c1ccccc1)c1ccc(NC(=O)c2cc(-c3cccs3)nc3ccccc23)cc1. The van der Waals surface area contributed by atoms with Crippen LogP contribution in [0.1, 0.15) is 24.2 Å². The number of hydrogen-bond acceptors (Lipinski definition) is 4. The molecule has 0 unspecified atom stereocenters. The number of nitrogens with zero attached hydrogens (tertiary/aromatic N) is 2. The minimum absolute atomic E-state index is 0.145. The van der Waals surface area contributed by atoms with E-state index in [1.54, 1.807) is 11.3 Å². The maximum absolute atomic E-state index is 13.4. The van der Waals surface area contributed by atoms with Crippen LogP contribution in [0.5, 0.6) is 0 Å². The molecule has 5 rings (SSSR count). The predicted octanol–water partition coefficient (Wildman–Crippen LogP) is 7.76. The van der Waals surface area contributed by atoms with Crippen molar-refractivity contribution in [2.45, 2.75) is 19.9 Å². The van der Waals surface area contributed by atoms with Gasteiger partial charge in [-0.25, -0.2) is 4.98 Å². The van der Waals surface area contributed by atoms with Crippen molar-refractivity contribution in [3.63, 3.8) is 0 Å². The van der Waals surface area contributed by atoms with Crippen LogP contribution >= 0.6 is 11.3 Å². The van der Waals surface area contributed by atoms with E-state index >= 15 is 0 Å². The molecule has 0 fully saturated rings. The van der Waals surface area contributed by atoms with E-state index in [2.05, 4.69) is 36.2 Å². The summed E-state index contributed by atoms with van der Waals surface area (Å²) in [7, 11) is 0. The highest BCUT2D eigenvalue weighted by molar-refractivity contribution is 7.13. The van der Waals surface area contributed by atoms with Gasteiger partial charge in [0.05, 0.1) is 21.7 Å². The summed E-state index contributed by atoms with van der Waals surface area (Å²) in [5, 5.41) is 5.93. The summed E-state index contributed by atoms with van der Waals surface area (Å²) in [6, 6.07) is 32.3. The zero-order valence-electron chi connectivity index (χ0n) is 19.1. The van der Waals surface area contributed by atoms with Gasteiger partial charge < -0.3 is 10.2 Å². The molecule has 0 atom stereocenters. The maximum Gasteiger partial charge on any atom is 0.256 e. The smallest absolute Gasteiger partial charge is 0.256 e. The zero-order valence-corrected chi connectivity index (χ0v) is 19.9. The Morgan fingerprint density at radius 3 is 2.26 bits per heavy atom. The molecule has 0 saturated heterocycles. The van der Waals surface area contributed by atoms with Crippen LogP contribution in [0.3, 0.4) is 0 Å². The third-order valence-corrected chi connectivity index (χ3v) is 6.58. The number of pyridine rings is 1. The number of fused-ring (bicyclic) bond motifs is 1. The number of thiophene rings is 1. The molecule has 3 aromatic carbocycles. The number of carbonyl (C=O) groups excluding carboxylic acids is 1. The van der Waals surface area contributed by atoms with E-state index in [4.69, 9.17) is 4.98 Å². The highest BCUT2D eigenvalue weighted by Crippen LogP contribution is 2.30. The number of benzene rings is 3. The fourth-order valence-corrected chi connectivity index (χ4v) is 4.84. The second kappa shape index (κ2) is 9.49. The number of hydrogen-bond donors (Lipinski definition) is 1.